The first kappa shape index (κ1) is 22.8. The van der Waals surface area contributed by atoms with Gasteiger partial charge in [-0.25, -0.2) is 9.59 Å². The molecule has 174 valence electrons. The number of carboxylic acid groups (broad SMARTS) is 1. The van der Waals surface area contributed by atoms with Gasteiger partial charge >= 0.3 is 12.1 Å². The number of nitrogens with zero attached hydrogens (tertiary/aromatic N) is 1. The number of hydrogen-bond donors (Lipinski definition) is 2. The highest BCUT2D eigenvalue weighted by atomic mass is 16.6. The van der Waals surface area contributed by atoms with Gasteiger partial charge in [0.25, 0.3) is 5.69 Å². The number of alkyl carbamates (subject to hydrolysis) is 1. The minimum Gasteiger partial charge on any atom is -0.496 e. The molecule has 1 atom stereocenters. The molecule has 1 amide bonds. The van der Waals surface area contributed by atoms with Crippen molar-refractivity contribution in [2.75, 3.05) is 13.7 Å². The van der Waals surface area contributed by atoms with E-state index in [9.17, 15) is 24.8 Å². The van der Waals surface area contributed by atoms with Gasteiger partial charge in [0.05, 0.1) is 18.1 Å². The van der Waals surface area contributed by atoms with E-state index in [1.807, 2.05) is 48.5 Å². The quantitative estimate of drug-likeness (QED) is 0.380. The Labute approximate surface area is 195 Å². The van der Waals surface area contributed by atoms with E-state index in [1.54, 1.807) is 0 Å². The number of benzene rings is 3. The first-order valence-electron chi connectivity index (χ1n) is 10.5. The molecule has 0 saturated heterocycles. The van der Waals surface area contributed by atoms with Gasteiger partial charge in [0.2, 0.25) is 0 Å². The molecule has 0 heterocycles. The monoisotopic (exact) mass is 462 g/mol. The summed E-state index contributed by atoms with van der Waals surface area (Å²) >= 11 is 0. The molecule has 0 spiro atoms. The summed E-state index contributed by atoms with van der Waals surface area (Å²) in [5.74, 6) is -1.26. The fourth-order valence-corrected chi connectivity index (χ4v) is 4.22. The van der Waals surface area contributed by atoms with Crippen molar-refractivity contribution in [3.63, 3.8) is 0 Å². The number of carbonyl (C=O) groups excluding carboxylic acids is 1. The molecule has 1 aliphatic carbocycles. The Bertz CT molecular complexity index is 1210. The number of aliphatic carboxylic acids is 1. The average molecular weight is 462 g/mol. The number of amides is 1. The summed E-state index contributed by atoms with van der Waals surface area (Å²) in [7, 11) is 1.33. The Morgan fingerprint density at radius 3 is 2.24 bits per heavy atom. The van der Waals surface area contributed by atoms with Crippen LogP contribution in [0.15, 0.2) is 66.7 Å². The van der Waals surface area contributed by atoms with E-state index in [1.165, 1.54) is 25.3 Å². The Kier molecular flexibility index (Phi) is 6.44. The number of methoxy groups -OCH3 is 1. The van der Waals surface area contributed by atoms with E-state index in [2.05, 4.69) is 5.32 Å². The number of hydrogen-bond acceptors (Lipinski definition) is 6. The molecular weight excluding hydrogens is 440 g/mol. The molecule has 1 unspecified atom stereocenters. The van der Waals surface area contributed by atoms with Gasteiger partial charge in [-0.3, -0.25) is 10.1 Å². The van der Waals surface area contributed by atoms with E-state index < -0.39 is 23.0 Å². The van der Waals surface area contributed by atoms with Crippen molar-refractivity contribution in [1.82, 2.24) is 5.32 Å². The van der Waals surface area contributed by atoms with E-state index in [0.29, 0.717) is 5.56 Å². The fourth-order valence-electron chi connectivity index (χ4n) is 4.22. The molecular formula is C25H22N2O7. The van der Waals surface area contributed by atoms with E-state index in [-0.39, 0.29) is 30.4 Å². The van der Waals surface area contributed by atoms with E-state index in [4.69, 9.17) is 9.47 Å². The molecule has 34 heavy (non-hydrogen) atoms. The van der Waals surface area contributed by atoms with Crippen LogP contribution in [-0.4, -0.2) is 41.9 Å². The second kappa shape index (κ2) is 9.62. The molecule has 0 saturated carbocycles. The second-order valence-corrected chi connectivity index (χ2v) is 7.82. The number of nitro benzene ring substituents is 1. The summed E-state index contributed by atoms with van der Waals surface area (Å²) in [5.41, 5.74) is 4.47. The zero-order chi connectivity index (χ0) is 24.2. The normalized spacial score (nSPS) is 12.9. The number of fused-ring (bicyclic) bond motifs is 3. The SMILES string of the molecule is COc1cc([N+](=O)[O-])ccc1CC(NC(=O)OCC1c2ccccc2-c2ccccc21)C(=O)O. The van der Waals surface area contributed by atoms with Crippen molar-refractivity contribution in [1.29, 1.82) is 0 Å². The van der Waals surface area contributed by atoms with Crippen LogP contribution in [0.5, 0.6) is 5.75 Å². The maximum atomic E-state index is 12.5. The molecule has 3 aromatic rings. The highest BCUT2D eigenvalue weighted by molar-refractivity contribution is 5.81. The van der Waals surface area contributed by atoms with Crippen LogP contribution in [0, 0.1) is 10.1 Å². The van der Waals surface area contributed by atoms with Crippen molar-refractivity contribution in [3.05, 3.63) is 93.5 Å². The summed E-state index contributed by atoms with van der Waals surface area (Å²) in [6.45, 7) is 0.0487. The predicted octanol–water partition coefficient (Wildman–Crippen LogP) is 4.14. The van der Waals surface area contributed by atoms with Crippen LogP contribution >= 0.6 is 0 Å². The standard InChI is InChI=1S/C25H22N2O7/c1-33-23-13-16(27(31)32)11-10-15(23)12-22(24(28)29)26-25(30)34-14-21-19-8-4-2-6-17(19)18-7-3-5-9-20(18)21/h2-11,13,21-22H,12,14H2,1H3,(H,26,30)(H,28,29). The molecule has 3 aromatic carbocycles. The van der Waals surface area contributed by atoms with E-state index >= 15 is 0 Å². The third-order valence-corrected chi connectivity index (χ3v) is 5.84. The molecule has 0 aliphatic heterocycles. The first-order chi connectivity index (χ1) is 16.4. The Hall–Kier alpha value is -4.40. The lowest BCUT2D eigenvalue weighted by Gasteiger charge is -2.18. The minimum absolute atomic E-state index is 0.0487. The van der Waals surface area contributed by atoms with Crippen LogP contribution in [0.1, 0.15) is 22.6 Å². The van der Waals surface area contributed by atoms with Crippen LogP contribution in [0.3, 0.4) is 0 Å². The summed E-state index contributed by atoms with van der Waals surface area (Å²) in [6, 6.07) is 18.3. The van der Waals surface area contributed by atoms with Gasteiger partial charge in [-0.15, -0.1) is 0 Å². The van der Waals surface area contributed by atoms with Crippen molar-refractivity contribution < 1.29 is 29.1 Å². The molecule has 2 N–H and O–H groups in total. The average Bonchev–Trinajstić information content (AvgIpc) is 3.16. The van der Waals surface area contributed by atoms with E-state index in [0.717, 1.165) is 22.3 Å². The van der Waals surface area contributed by atoms with Gasteiger partial charge < -0.3 is 19.9 Å². The Morgan fingerprint density at radius 2 is 1.68 bits per heavy atom. The third-order valence-electron chi connectivity index (χ3n) is 5.84. The third kappa shape index (κ3) is 4.54. The molecule has 9 nitrogen and oxygen atoms in total. The lowest BCUT2D eigenvalue weighted by Crippen LogP contribution is -2.43. The van der Waals surface area contributed by atoms with Crippen LogP contribution in [0.4, 0.5) is 10.5 Å². The zero-order valence-corrected chi connectivity index (χ0v) is 18.3. The number of ether oxygens (including phenoxy) is 2. The maximum Gasteiger partial charge on any atom is 0.407 e. The maximum absolute atomic E-state index is 12.5. The second-order valence-electron chi connectivity index (χ2n) is 7.82. The molecule has 9 heteroatoms. The van der Waals surface area contributed by atoms with Gasteiger partial charge in [-0.1, -0.05) is 48.5 Å². The van der Waals surface area contributed by atoms with Gasteiger partial charge in [0.1, 0.15) is 18.4 Å². The number of nitro groups is 1. The fraction of sp³-hybridized carbons (Fsp3) is 0.200. The Balaban J connectivity index is 1.45. The molecule has 0 bridgehead atoms. The summed E-state index contributed by atoms with van der Waals surface area (Å²) in [4.78, 5) is 34.7. The lowest BCUT2D eigenvalue weighted by molar-refractivity contribution is -0.384. The number of non-ortho nitro benzene ring substituents is 1. The molecule has 0 aromatic heterocycles. The largest absolute Gasteiger partial charge is 0.496 e. The van der Waals surface area contributed by atoms with Crippen LogP contribution in [-0.2, 0) is 16.0 Å². The van der Waals surface area contributed by atoms with Crippen molar-refractivity contribution in [3.8, 4) is 16.9 Å². The van der Waals surface area contributed by atoms with Crippen molar-refractivity contribution >= 4 is 17.7 Å². The first-order valence-corrected chi connectivity index (χ1v) is 10.5. The minimum atomic E-state index is -1.31. The summed E-state index contributed by atoms with van der Waals surface area (Å²) in [6.07, 6.45) is -1.00. The molecule has 1 aliphatic rings. The summed E-state index contributed by atoms with van der Waals surface area (Å²) < 4.78 is 10.6. The molecule has 4 rings (SSSR count). The lowest BCUT2D eigenvalue weighted by atomic mass is 9.98. The Morgan fingerprint density at radius 1 is 1.06 bits per heavy atom. The number of nitrogens with one attached hydrogen (secondary N) is 1. The summed E-state index contributed by atoms with van der Waals surface area (Å²) in [5, 5.41) is 23.0. The number of carboxylic acids is 1. The van der Waals surface area contributed by atoms with Crippen LogP contribution < -0.4 is 10.1 Å². The van der Waals surface area contributed by atoms with Gasteiger partial charge in [-0.05, 0) is 33.9 Å². The number of rotatable bonds is 8. The topological polar surface area (TPSA) is 128 Å². The molecule has 0 fully saturated rings. The smallest absolute Gasteiger partial charge is 0.407 e. The van der Waals surface area contributed by atoms with Gasteiger partial charge in [-0.2, -0.15) is 0 Å². The predicted molar refractivity (Wildman–Crippen MR) is 123 cm³/mol. The highest BCUT2D eigenvalue weighted by Crippen LogP contribution is 2.44. The zero-order valence-electron chi connectivity index (χ0n) is 18.3. The number of carbonyl (C=O) groups is 2. The molecule has 0 radical (unpaired) electrons. The highest BCUT2D eigenvalue weighted by Gasteiger charge is 2.30. The van der Waals surface area contributed by atoms with Crippen molar-refractivity contribution in [2.24, 2.45) is 0 Å². The van der Waals surface area contributed by atoms with Crippen LogP contribution in [0.2, 0.25) is 0 Å². The van der Waals surface area contributed by atoms with Crippen molar-refractivity contribution in [2.45, 2.75) is 18.4 Å². The van der Waals surface area contributed by atoms with Gasteiger partial charge in [0, 0.05) is 18.4 Å². The van der Waals surface area contributed by atoms with Crippen LogP contribution in [0.25, 0.3) is 11.1 Å². The van der Waals surface area contributed by atoms with Gasteiger partial charge in [0.15, 0.2) is 0 Å².